The van der Waals surface area contributed by atoms with Gasteiger partial charge in [0.05, 0.1) is 4.92 Å². The molecule has 0 saturated heterocycles. The molecule has 0 bridgehead atoms. The van der Waals surface area contributed by atoms with Crippen molar-refractivity contribution >= 4 is 23.7 Å². The molecule has 0 amide bonds. The maximum absolute atomic E-state index is 10.4. The van der Waals surface area contributed by atoms with Crippen LogP contribution < -0.4 is 5.73 Å². The molecule has 0 atom stereocenters. The van der Waals surface area contributed by atoms with Crippen LogP contribution in [0.5, 0.6) is 0 Å². The van der Waals surface area contributed by atoms with Crippen molar-refractivity contribution in [2.45, 2.75) is 0 Å². The summed E-state index contributed by atoms with van der Waals surface area (Å²) in [5.41, 5.74) is 6.35. The van der Waals surface area contributed by atoms with Crippen molar-refractivity contribution in [1.29, 1.82) is 0 Å². The van der Waals surface area contributed by atoms with Gasteiger partial charge < -0.3 is 5.73 Å². The zero-order valence-corrected chi connectivity index (χ0v) is 7.21. The van der Waals surface area contributed by atoms with Crippen LogP contribution in [-0.4, -0.2) is 11.2 Å². The molecule has 72 valence electrons. The SMILES string of the molecule is Nc1ccc([N+](=O)[O-])cc1/C=C/C=O. The Kier molecular flexibility index (Phi) is 2.96. The van der Waals surface area contributed by atoms with Crippen LogP contribution in [0.1, 0.15) is 5.56 Å². The Hall–Kier alpha value is -2.17. The molecule has 5 nitrogen and oxygen atoms in total. The summed E-state index contributed by atoms with van der Waals surface area (Å²) in [5, 5.41) is 10.4. The van der Waals surface area contributed by atoms with E-state index in [1.807, 2.05) is 0 Å². The van der Waals surface area contributed by atoms with E-state index in [0.29, 0.717) is 17.5 Å². The molecule has 1 aromatic rings. The number of carbonyl (C=O) groups is 1. The number of nitrogens with two attached hydrogens (primary N) is 1. The number of non-ortho nitro benzene ring substituents is 1. The number of rotatable bonds is 3. The number of hydrogen-bond acceptors (Lipinski definition) is 4. The molecule has 0 aliphatic rings. The van der Waals surface area contributed by atoms with Gasteiger partial charge in [-0.3, -0.25) is 14.9 Å². The maximum atomic E-state index is 10.4. The minimum absolute atomic E-state index is 0.0512. The van der Waals surface area contributed by atoms with E-state index in [4.69, 9.17) is 5.73 Å². The second-order valence-corrected chi connectivity index (χ2v) is 2.57. The summed E-state index contributed by atoms with van der Waals surface area (Å²) in [6.45, 7) is 0. The minimum atomic E-state index is -0.516. The summed E-state index contributed by atoms with van der Waals surface area (Å²) < 4.78 is 0. The third-order valence-corrected chi connectivity index (χ3v) is 1.64. The highest BCUT2D eigenvalue weighted by Gasteiger charge is 2.06. The molecule has 2 N–H and O–H groups in total. The Morgan fingerprint density at radius 1 is 1.43 bits per heavy atom. The normalized spacial score (nSPS) is 10.3. The van der Waals surface area contributed by atoms with Crippen molar-refractivity contribution in [3.63, 3.8) is 0 Å². The first-order valence-corrected chi connectivity index (χ1v) is 3.81. The zero-order chi connectivity index (χ0) is 10.6. The van der Waals surface area contributed by atoms with Gasteiger partial charge in [-0.05, 0) is 18.2 Å². The van der Waals surface area contributed by atoms with Crippen LogP contribution in [0.15, 0.2) is 24.3 Å². The molecule has 0 fully saturated rings. The van der Waals surface area contributed by atoms with Crippen molar-refractivity contribution in [3.05, 3.63) is 40.0 Å². The van der Waals surface area contributed by atoms with Gasteiger partial charge in [-0.25, -0.2) is 0 Å². The van der Waals surface area contributed by atoms with Gasteiger partial charge in [0.15, 0.2) is 0 Å². The molecule has 0 aromatic heterocycles. The topological polar surface area (TPSA) is 86.2 Å². The first-order valence-electron chi connectivity index (χ1n) is 3.81. The Bertz CT molecular complexity index is 399. The fourth-order valence-electron chi connectivity index (χ4n) is 0.963. The number of carbonyl (C=O) groups excluding carboxylic acids is 1. The zero-order valence-electron chi connectivity index (χ0n) is 7.21. The first kappa shape index (κ1) is 9.91. The lowest BCUT2D eigenvalue weighted by molar-refractivity contribution is -0.384. The summed E-state index contributed by atoms with van der Waals surface area (Å²) in [7, 11) is 0. The van der Waals surface area contributed by atoms with Crippen LogP contribution in [0.3, 0.4) is 0 Å². The Balaban J connectivity index is 3.14. The third-order valence-electron chi connectivity index (χ3n) is 1.64. The molecule has 0 aliphatic heterocycles. The summed E-state index contributed by atoms with van der Waals surface area (Å²) >= 11 is 0. The standard InChI is InChI=1S/C9H8N2O3/c10-9-4-3-8(11(13)14)6-7(9)2-1-5-12/h1-6H,10H2/b2-1+. The molecular formula is C9H8N2O3. The fourth-order valence-corrected chi connectivity index (χ4v) is 0.963. The highest BCUT2D eigenvalue weighted by Crippen LogP contribution is 2.20. The lowest BCUT2D eigenvalue weighted by Gasteiger charge is -1.98. The number of aldehydes is 1. The van der Waals surface area contributed by atoms with Gasteiger partial charge in [0.2, 0.25) is 0 Å². The van der Waals surface area contributed by atoms with Crippen molar-refractivity contribution in [3.8, 4) is 0 Å². The average Bonchev–Trinajstić information content (AvgIpc) is 2.16. The predicted molar refractivity (Wildman–Crippen MR) is 52.6 cm³/mol. The predicted octanol–water partition coefficient (Wildman–Crippen LogP) is 1.39. The number of allylic oxidation sites excluding steroid dienone is 1. The van der Waals surface area contributed by atoms with Gasteiger partial charge >= 0.3 is 0 Å². The number of nitro benzene ring substituents is 1. The van der Waals surface area contributed by atoms with E-state index in [-0.39, 0.29) is 5.69 Å². The van der Waals surface area contributed by atoms with Gasteiger partial charge in [-0.1, -0.05) is 0 Å². The van der Waals surface area contributed by atoms with Crippen molar-refractivity contribution in [1.82, 2.24) is 0 Å². The van der Waals surface area contributed by atoms with E-state index in [9.17, 15) is 14.9 Å². The first-order chi connectivity index (χ1) is 6.65. The van der Waals surface area contributed by atoms with Gasteiger partial charge in [0.1, 0.15) is 6.29 Å². The average molecular weight is 192 g/mol. The van der Waals surface area contributed by atoms with Crippen LogP contribution >= 0.6 is 0 Å². The highest BCUT2D eigenvalue weighted by molar-refractivity contribution is 5.78. The molecule has 0 unspecified atom stereocenters. The molecule has 5 heteroatoms. The molecule has 14 heavy (non-hydrogen) atoms. The molecule has 0 heterocycles. The van der Waals surface area contributed by atoms with E-state index in [0.717, 1.165) is 0 Å². The van der Waals surface area contributed by atoms with Crippen molar-refractivity contribution in [2.75, 3.05) is 5.73 Å². The smallest absolute Gasteiger partial charge is 0.270 e. The highest BCUT2D eigenvalue weighted by atomic mass is 16.6. The summed E-state index contributed by atoms with van der Waals surface area (Å²) in [5.74, 6) is 0. The van der Waals surface area contributed by atoms with E-state index < -0.39 is 4.92 Å². The molecule has 0 radical (unpaired) electrons. The quantitative estimate of drug-likeness (QED) is 0.258. The second-order valence-electron chi connectivity index (χ2n) is 2.57. The van der Waals surface area contributed by atoms with Crippen LogP contribution in [0, 0.1) is 10.1 Å². The number of benzene rings is 1. The largest absolute Gasteiger partial charge is 0.398 e. The monoisotopic (exact) mass is 192 g/mol. The van der Waals surface area contributed by atoms with Gasteiger partial charge in [-0.15, -0.1) is 0 Å². The number of nitrogen functional groups attached to an aromatic ring is 1. The molecule has 0 saturated carbocycles. The van der Waals surface area contributed by atoms with Gasteiger partial charge in [0, 0.05) is 23.4 Å². The van der Waals surface area contributed by atoms with Crippen molar-refractivity contribution in [2.24, 2.45) is 0 Å². The van der Waals surface area contributed by atoms with Gasteiger partial charge in [0.25, 0.3) is 5.69 Å². The maximum Gasteiger partial charge on any atom is 0.270 e. The summed E-state index contributed by atoms with van der Waals surface area (Å²) in [6.07, 6.45) is 3.24. The van der Waals surface area contributed by atoms with E-state index >= 15 is 0 Å². The lowest BCUT2D eigenvalue weighted by atomic mass is 10.1. The molecule has 1 aromatic carbocycles. The van der Waals surface area contributed by atoms with Crippen LogP contribution in [0.25, 0.3) is 6.08 Å². The number of anilines is 1. The summed E-state index contributed by atoms with van der Waals surface area (Å²) in [4.78, 5) is 19.9. The Morgan fingerprint density at radius 3 is 2.71 bits per heavy atom. The van der Waals surface area contributed by atoms with Crippen LogP contribution in [0.4, 0.5) is 11.4 Å². The number of nitro groups is 1. The molecule has 0 aliphatic carbocycles. The van der Waals surface area contributed by atoms with Crippen LogP contribution in [0.2, 0.25) is 0 Å². The minimum Gasteiger partial charge on any atom is -0.398 e. The fraction of sp³-hybridized carbons (Fsp3) is 0. The van der Waals surface area contributed by atoms with Crippen molar-refractivity contribution < 1.29 is 9.72 Å². The van der Waals surface area contributed by atoms with E-state index in [2.05, 4.69) is 0 Å². The van der Waals surface area contributed by atoms with E-state index in [1.54, 1.807) is 0 Å². The summed E-state index contributed by atoms with van der Waals surface area (Å²) in [6, 6.07) is 4.06. The van der Waals surface area contributed by atoms with Gasteiger partial charge in [-0.2, -0.15) is 0 Å². The van der Waals surface area contributed by atoms with Crippen LogP contribution in [-0.2, 0) is 4.79 Å². The molecular weight excluding hydrogens is 184 g/mol. The molecule has 0 spiro atoms. The number of hydrogen-bond donors (Lipinski definition) is 1. The Morgan fingerprint density at radius 2 is 2.14 bits per heavy atom. The third kappa shape index (κ3) is 2.16. The Labute approximate surface area is 80.0 Å². The lowest BCUT2D eigenvalue weighted by Crippen LogP contribution is -1.93. The van der Waals surface area contributed by atoms with E-state index in [1.165, 1.54) is 30.4 Å². The molecule has 1 rings (SSSR count). The second kappa shape index (κ2) is 4.18. The number of nitrogens with zero attached hydrogens (tertiary/aromatic N) is 1.